The van der Waals surface area contributed by atoms with Gasteiger partial charge in [0, 0.05) is 10.9 Å². The lowest BCUT2D eigenvalue weighted by molar-refractivity contribution is 0.0636. The summed E-state index contributed by atoms with van der Waals surface area (Å²) in [5.41, 5.74) is 6.22. The van der Waals surface area contributed by atoms with E-state index in [1.54, 1.807) is 37.5 Å². The van der Waals surface area contributed by atoms with E-state index in [-0.39, 0.29) is 0 Å². The fourth-order valence-corrected chi connectivity index (χ4v) is 3.38. The first-order valence-electron chi connectivity index (χ1n) is 6.39. The Morgan fingerprint density at radius 2 is 2.09 bits per heavy atom. The Kier molecular flexibility index (Phi) is 4.91. The molecule has 1 unspecified atom stereocenters. The molecule has 2 aromatic rings. The number of nitrogens with two attached hydrogens (primary N) is 1. The molecule has 1 heterocycles. The lowest BCUT2D eigenvalue weighted by atomic mass is 10.1. The molecular weight excluding hydrogens is 418 g/mol. The number of primary amides is 1. The highest BCUT2D eigenvalue weighted by Gasteiger charge is 2.19. The summed E-state index contributed by atoms with van der Waals surface area (Å²) in [6.45, 7) is 5.33. The molecule has 1 atom stereocenters. The van der Waals surface area contributed by atoms with E-state index < -0.39 is 17.6 Å². The van der Waals surface area contributed by atoms with Gasteiger partial charge < -0.3 is 10.5 Å². The zero-order valence-electron chi connectivity index (χ0n) is 12.3. The second-order valence-electron chi connectivity index (χ2n) is 5.59. The highest BCUT2D eigenvalue weighted by Crippen LogP contribution is 2.32. The van der Waals surface area contributed by atoms with Gasteiger partial charge in [0.15, 0.2) is 0 Å². The Balaban J connectivity index is 2.45. The van der Waals surface area contributed by atoms with Gasteiger partial charge in [0.05, 0.1) is 23.8 Å². The first-order chi connectivity index (χ1) is 10.2. The third kappa shape index (κ3) is 3.86. The summed E-state index contributed by atoms with van der Waals surface area (Å²) < 4.78 is 6.97. The van der Waals surface area contributed by atoms with Crippen LogP contribution in [-0.2, 0) is 4.74 Å². The van der Waals surface area contributed by atoms with Crippen molar-refractivity contribution in [3.05, 3.63) is 23.9 Å². The van der Waals surface area contributed by atoms with Crippen LogP contribution in [0.2, 0.25) is 0 Å². The minimum Gasteiger partial charge on any atom is -0.444 e. The van der Waals surface area contributed by atoms with Crippen molar-refractivity contribution in [3.63, 3.8) is 0 Å². The number of hydrogen-bond acceptors (Lipinski definition) is 4. The van der Waals surface area contributed by atoms with Crippen LogP contribution in [0.4, 0.5) is 10.5 Å². The summed E-state index contributed by atoms with van der Waals surface area (Å²) in [5, 5.41) is 7.61. The third-order valence-electron chi connectivity index (χ3n) is 2.69. The van der Waals surface area contributed by atoms with Crippen molar-refractivity contribution < 1.29 is 14.3 Å². The van der Waals surface area contributed by atoms with Crippen LogP contribution < -0.4 is 11.1 Å². The smallest absolute Gasteiger partial charge is 0.412 e. The first kappa shape index (κ1) is 17.0. The molecule has 0 spiro atoms. The van der Waals surface area contributed by atoms with Gasteiger partial charge in [-0.15, -0.1) is 0 Å². The van der Waals surface area contributed by atoms with E-state index in [2.05, 4.69) is 32.5 Å². The average molecular weight is 434 g/mol. The van der Waals surface area contributed by atoms with Gasteiger partial charge >= 0.3 is 6.09 Å². The number of rotatable bonds is 3. The molecule has 0 fully saturated rings. The van der Waals surface area contributed by atoms with Gasteiger partial charge in [0.25, 0.3) is 0 Å². The van der Waals surface area contributed by atoms with Crippen LogP contribution >= 0.6 is 28.4 Å². The number of ether oxygens (including phenoxy) is 1. The van der Waals surface area contributed by atoms with Crippen LogP contribution in [0.1, 0.15) is 31.1 Å². The molecule has 0 saturated carbocycles. The van der Waals surface area contributed by atoms with Gasteiger partial charge in [-0.1, -0.05) is 0 Å². The molecule has 0 radical (unpaired) electrons. The maximum absolute atomic E-state index is 12.0. The lowest BCUT2D eigenvalue weighted by Gasteiger charge is -2.20. The highest BCUT2D eigenvalue weighted by molar-refractivity contribution is 14.2. The number of benzene rings is 1. The predicted octanol–water partition coefficient (Wildman–Crippen LogP) is 3.27. The number of aromatic nitrogens is 2. The Morgan fingerprint density at radius 1 is 1.41 bits per heavy atom. The van der Waals surface area contributed by atoms with Crippen molar-refractivity contribution in [2.45, 2.75) is 26.4 Å². The van der Waals surface area contributed by atoms with Crippen LogP contribution in [0.25, 0.3) is 10.9 Å². The fourth-order valence-electron chi connectivity index (χ4n) is 1.85. The Labute approximate surface area is 142 Å². The molecule has 2 rings (SSSR count). The van der Waals surface area contributed by atoms with Crippen LogP contribution in [0.5, 0.6) is 0 Å². The summed E-state index contributed by atoms with van der Waals surface area (Å²) in [4.78, 5) is 23.4. The maximum Gasteiger partial charge on any atom is 0.412 e. The third-order valence-corrected chi connectivity index (χ3v) is 4.58. The zero-order valence-corrected chi connectivity index (χ0v) is 15.5. The zero-order chi connectivity index (χ0) is 16.5. The number of amides is 2. The van der Waals surface area contributed by atoms with E-state index in [0.29, 0.717) is 17.6 Å². The molecule has 0 aliphatic rings. The highest BCUT2D eigenvalue weighted by atomic mass is 127. The van der Waals surface area contributed by atoms with Gasteiger partial charge in [-0.3, -0.25) is 10.1 Å². The van der Waals surface area contributed by atoms with Crippen LogP contribution in [-0.4, -0.2) is 27.2 Å². The molecule has 0 bridgehead atoms. The number of carbonyl (C=O) groups excluding carboxylic acids is 2. The van der Waals surface area contributed by atoms with Crippen LogP contribution in [0.3, 0.4) is 0 Å². The minimum absolute atomic E-state index is 0.301. The van der Waals surface area contributed by atoms with E-state index >= 15 is 0 Å². The molecule has 3 N–H and O–H groups in total. The first-order valence-corrected chi connectivity index (χ1v) is 10.5. The molecule has 0 saturated heterocycles. The molecule has 7 nitrogen and oxygen atoms in total. The number of hydrogen-bond donors (Lipinski definition) is 2. The number of anilines is 1. The van der Waals surface area contributed by atoms with Crippen molar-refractivity contribution in [2.24, 2.45) is 5.73 Å². The summed E-state index contributed by atoms with van der Waals surface area (Å²) in [5.74, 6) is -0.571. The van der Waals surface area contributed by atoms with Crippen LogP contribution in [0, 0.1) is 0 Å². The van der Waals surface area contributed by atoms with E-state index in [1.165, 1.54) is 6.07 Å². The molecule has 0 aliphatic heterocycles. The number of nitrogens with one attached hydrogen (secondary N) is 1. The standard InChI is InChI=1S/C13H16IN4O3P/c1-13(2,3)21-12(20)17-9-4-7(11(15)19)5-10-8(9)6-16-18(10)22-14/h4-6,22H,1-3H3,(H2,15,19)(H,17,20). The molecule has 2 amide bonds. The fraction of sp³-hybridized carbons (Fsp3) is 0.308. The van der Waals surface area contributed by atoms with Gasteiger partial charge in [-0.25, -0.2) is 9.25 Å². The largest absolute Gasteiger partial charge is 0.444 e. The van der Waals surface area contributed by atoms with E-state index in [0.717, 1.165) is 10.9 Å². The van der Waals surface area contributed by atoms with Gasteiger partial charge in [-0.2, -0.15) is 5.10 Å². The van der Waals surface area contributed by atoms with Crippen molar-refractivity contribution >= 4 is 57.0 Å². The quantitative estimate of drug-likeness (QED) is 0.572. The molecular formula is C13H16IN4O3P. The number of fused-ring (bicyclic) bond motifs is 1. The van der Waals surface area contributed by atoms with Gasteiger partial charge in [0.2, 0.25) is 5.91 Å². The average Bonchev–Trinajstić information content (AvgIpc) is 2.79. The molecule has 1 aromatic carbocycles. The van der Waals surface area contributed by atoms with E-state index in [9.17, 15) is 9.59 Å². The SMILES string of the molecule is CC(C)(C)OC(=O)Nc1cc(C(N)=O)cc2c1cnn2PI. The number of halogens is 1. The van der Waals surface area contributed by atoms with E-state index in [4.69, 9.17) is 10.5 Å². The second kappa shape index (κ2) is 6.37. The molecule has 1 aromatic heterocycles. The summed E-state index contributed by atoms with van der Waals surface area (Å²) in [6, 6.07) is 3.19. The van der Waals surface area contributed by atoms with Gasteiger partial charge in [-0.05, 0) is 54.9 Å². The monoisotopic (exact) mass is 434 g/mol. The Bertz CT molecular complexity index is 739. The molecule has 9 heteroatoms. The summed E-state index contributed by atoms with van der Waals surface area (Å²) >= 11 is 2.18. The number of carbonyl (C=O) groups is 2. The molecule has 118 valence electrons. The summed E-state index contributed by atoms with van der Waals surface area (Å²) in [6.07, 6.45) is 1.40. The predicted molar refractivity (Wildman–Crippen MR) is 95.8 cm³/mol. The van der Waals surface area contributed by atoms with Crippen molar-refractivity contribution in [3.8, 4) is 0 Å². The Hall–Kier alpha value is -1.41. The lowest BCUT2D eigenvalue weighted by Crippen LogP contribution is -2.27. The Morgan fingerprint density at radius 3 is 2.64 bits per heavy atom. The molecule has 0 aliphatic carbocycles. The van der Waals surface area contributed by atoms with Crippen molar-refractivity contribution in [2.75, 3.05) is 5.32 Å². The normalized spacial score (nSPS) is 12.0. The second-order valence-corrected chi connectivity index (χ2v) is 7.63. The van der Waals surface area contributed by atoms with E-state index in [1.807, 2.05) is 0 Å². The maximum atomic E-state index is 12.0. The van der Waals surface area contributed by atoms with Gasteiger partial charge in [0.1, 0.15) is 5.60 Å². The van der Waals surface area contributed by atoms with Crippen molar-refractivity contribution in [1.82, 2.24) is 9.55 Å². The van der Waals surface area contributed by atoms with Crippen LogP contribution in [0.15, 0.2) is 18.3 Å². The molecule has 22 heavy (non-hydrogen) atoms. The topological polar surface area (TPSA) is 99.2 Å². The number of nitrogens with zero attached hydrogens (tertiary/aromatic N) is 2. The van der Waals surface area contributed by atoms with Crippen molar-refractivity contribution in [1.29, 1.82) is 0 Å². The minimum atomic E-state index is -0.613. The summed E-state index contributed by atoms with van der Waals surface area (Å²) in [7, 11) is 0.